The van der Waals surface area contributed by atoms with E-state index in [2.05, 4.69) is 13.8 Å². The van der Waals surface area contributed by atoms with Crippen molar-refractivity contribution in [2.75, 3.05) is 6.61 Å². The van der Waals surface area contributed by atoms with Crippen molar-refractivity contribution in [3.05, 3.63) is 0 Å². The van der Waals surface area contributed by atoms with Gasteiger partial charge in [-0.15, -0.1) is 0 Å². The minimum absolute atomic E-state index is 0.175. The average molecular weight is 405 g/mol. The Hall–Kier alpha value is -0.530. The molecule has 3 rings (SSSR count). The number of unbranched alkanes of at least 4 members (excludes halogenated alkanes) is 2. The highest BCUT2D eigenvalue weighted by Crippen LogP contribution is 2.61. The van der Waals surface area contributed by atoms with Gasteiger partial charge in [-0.25, -0.2) is 0 Å². The molecule has 168 valence electrons. The van der Waals surface area contributed by atoms with Crippen molar-refractivity contribution in [3.8, 4) is 0 Å². The Bertz CT molecular complexity index is 477. The van der Waals surface area contributed by atoms with Crippen molar-refractivity contribution in [1.29, 1.82) is 0 Å². The van der Waals surface area contributed by atoms with Crippen molar-refractivity contribution < 1.29 is 9.53 Å². The van der Waals surface area contributed by atoms with E-state index in [1.165, 1.54) is 103 Å². The summed E-state index contributed by atoms with van der Waals surface area (Å²) in [6, 6.07) is 0. The molecule has 0 N–H and O–H groups in total. The number of rotatable bonds is 9. The Morgan fingerprint density at radius 1 is 0.759 bits per heavy atom. The van der Waals surface area contributed by atoms with Gasteiger partial charge in [-0.1, -0.05) is 84.5 Å². The van der Waals surface area contributed by atoms with Gasteiger partial charge >= 0.3 is 5.97 Å². The van der Waals surface area contributed by atoms with Crippen molar-refractivity contribution in [3.63, 3.8) is 0 Å². The van der Waals surface area contributed by atoms with Crippen LogP contribution in [-0.2, 0) is 9.53 Å². The normalized spacial score (nSPS) is 30.8. The SMILES string of the molecule is CCCCC[C@]1(C2(C(=O)OCCC)CCCCC2)CC[C@@H](C2CCCCC2)CC1. The Labute approximate surface area is 180 Å². The summed E-state index contributed by atoms with van der Waals surface area (Å²) in [6.07, 6.45) is 24.7. The Morgan fingerprint density at radius 2 is 1.38 bits per heavy atom. The summed E-state index contributed by atoms with van der Waals surface area (Å²) in [7, 11) is 0. The Balaban J connectivity index is 1.79. The van der Waals surface area contributed by atoms with Gasteiger partial charge in [0, 0.05) is 0 Å². The predicted octanol–water partition coefficient (Wildman–Crippen LogP) is 8.23. The second-order valence-corrected chi connectivity index (χ2v) is 10.8. The van der Waals surface area contributed by atoms with E-state index in [4.69, 9.17) is 4.74 Å². The molecule has 3 aliphatic carbocycles. The molecular formula is C27H48O2. The van der Waals surface area contributed by atoms with Crippen molar-refractivity contribution in [1.82, 2.24) is 0 Å². The number of hydrogen-bond donors (Lipinski definition) is 0. The van der Waals surface area contributed by atoms with Crippen LogP contribution in [0.25, 0.3) is 0 Å². The fraction of sp³-hybridized carbons (Fsp3) is 0.963. The lowest BCUT2D eigenvalue weighted by Crippen LogP contribution is -2.52. The third-order valence-corrected chi connectivity index (χ3v) is 9.11. The van der Waals surface area contributed by atoms with Gasteiger partial charge in [0.05, 0.1) is 12.0 Å². The molecule has 0 atom stereocenters. The first kappa shape index (κ1) is 23.1. The van der Waals surface area contributed by atoms with Gasteiger partial charge in [0.15, 0.2) is 0 Å². The van der Waals surface area contributed by atoms with Crippen LogP contribution in [0, 0.1) is 22.7 Å². The van der Waals surface area contributed by atoms with Crippen LogP contribution in [0.4, 0.5) is 0 Å². The molecule has 0 aromatic rings. The molecule has 3 aliphatic rings. The molecule has 3 fully saturated rings. The van der Waals surface area contributed by atoms with Crippen LogP contribution in [-0.4, -0.2) is 12.6 Å². The lowest BCUT2D eigenvalue weighted by atomic mass is 9.49. The zero-order chi connectivity index (χ0) is 20.6. The van der Waals surface area contributed by atoms with Gasteiger partial charge in [0.25, 0.3) is 0 Å². The molecule has 3 saturated carbocycles. The molecule has 0 unspecified atom stereocenters. The van der Waals surface area contributed by atoms with E-state index in [1.54, 1.807) is 0 Å². The van der Waals surface area contributed by atoms with Crippen LogP contribution >= 0.6 is 0 Å². The Morgan fingerprint density at radius 3 is 2.00 bits per heavy atom. The molecule has 0 aromatic carbocycles. The van der Waals surface area contributed by atoms with Gasteiger partial charge in [0.2, 0.25) is 0 Å². The summed E-state index contributed by atoms with van der Waals surface area (Å²) in [5.74, 6) is 2.10. The monoisotopic (exact) mass is 404 g/mol. The van der Waals surface area contributed by atoms with Gasteiger partial charge in [0.1, 0.15) is 0 Å². The summed E-state index contributed by atoms with van der Waals surface area (Å²) >= 11 is 0. The molecule has 0 bridgehead atoms. The summed E-state index contributed by atoms with van der Waals surface area (Å²) in [4.78, 5) is 13.6. The lowest BCUT2D eigenvalue weighted by molar-refractivity contribution is -0.175. The second-order valence-electron chi connectivity index (χ2n) is 10.8. The van der Waals surface area contributed by atoms with E-state index < -0.39 is 0 Å². The van der Waals surface area contributed by atoms with Crippen LogP contribution < -0.4 is 0 Å². The maximum Gasteiger partial charge on any atom is 0.312 e. The predicted molar refractivity (Wildman–Crippen MR) is 122 cm³/mol. The molecule has 0 radical (unpaired) electrons. The van der Waals surface area contributed by atoms with Crippen molar-refractivity contribution >= 4 is 5.97 Å². The van der Waals surface area contributed by atoms with E-state index in [0.717, 1.165) is 31.1 Å². The highest BCUT2D eigenvalue weighted by atomic mass is 16.5. The van der Waals surface area contributed by atoms with E-state index >= 15 is 0 Å². The second kappa shape index (κ2) is 11.2. The summed E-state index contributed by atoms with van der Waals surface area (Å²) < 4.78 is 5.92. The van der Waals surface area contributed by atoms with E-state index in [9.17, 15) is 4.79 Å². The Kier molecular flexibility index (Phi) is 8.93. The fourth-order valence-corrected chi connectivity index (χ4v) is 7.39. The van der Waals surface area contributed by atoms with Crippen LogP contribution in [0.15, 0.2) is 0 Å². The third kappa shape index (κ3) is 5.21. The summed E-state index contributed by atoms with van der Waals surface area (Å²) in [5.41, 5.74) is 0.0459. The van der Waals surface area contributed by atoms with Crippen molar-refractivity contribution in [2.45, 2.75) is 136 Å². The lowest BCUT2D eigenvalue weighted by Gasteiger charge is -2.55. The number of esters is 1. The quantitative estimate of drug-likeness (QED) is 0.286. The van der Waals surface area contributed by atoms with Crippen molar-refractivity contribution in [2.24, 2.45) is 22.7 Å². The highest BCUT2D eigenvalue weighted by molar-refractivity contribution is 5.78. The van der Waals surface area contributed by atoms with E-state index in [-0.39, 0.29) is 16.8 Å². The molecule has 0 aromatic heterocycles. The molecule has 29 heavy (non-hydrogen) atoms. The van der Waals surface area contributed by atoms with Crippen LogP contribution in [0.2, 0.25) is 0 Å². The van der Waals surface area contributed by atoms with E-state index in [0.29, 0.717) is 6.61 Å². The van der Waals surface area contributed by atoms with Gasteiger partial charge in [-0.2, -0.15) is 0 Å². The zero-order valence-corrected chi connectivity index (χ0v) is 19.6. The van der Waals surface area contributed by atoms with Crippen LogP contribution in [0.1, 0.15) is 136 Å². The first-order chi connectivity index (χ1) is 14.2. The molecular weight excluding hydrogens is 356 g/mol. The summed E-state index contributed by atoms with van der Waals surface area (Å²) in [6.45, 7) is 5.03. The number of ether oxygens (including phenoxy) is 1. The molecule has 0 amide bonds. The van der Waals surface area contributed by atoms with Crippen LogP contribution in [0.3, 0.4) is 0 Å². The number of carbonyl (C=O) groups excluding carboxylic acids is 1. The molecule has 2 heteroatoms. The molecule has 0 spiro atoms. The van der Waals surface area contributed by atoms with E-state index in [1.807, 2.05) is 0 Å². The molecule has 0 aliphatic heterocycles. The highest BCUT2D eigenvalue weighted by Gasteiger charge is 2.57. The largest absolute Gasteiger partial charge is 0.465 e. The smallest absolute Gasteiger partial charge is 0.312 e. The van der Waals surface area contributed by atoms with Gasteiger partial charge in [-0.3, -0.25) is 4.79 Å². The number of hydrogen-bond acceptors (Lipinski definition) is 2. The van der Waals surface area contributed by atoms with Gasteiger partial charge < -0.3 is 4.74 Å². The first-order valence-corrected chi connectivity index (χ1v) is 13.3. The average Bonchev–Trinajstić information content (AvgIpc) is 2.79. The minimum atomic E-state index is -0.175. The molecule has 0 heterocycles. The topological polar surface area (TPSA) is 26.3 Å². The maximum absolute atomic E-state index is 13.6. The van der Waals surface area contributed by atoms with Gasteiger partial charge in [-0.05, 0) is 68.6 Å². The molecule has 2 nitrogen and oxygen atoms in total. The van der Waals surface area contributed by atoms with Crippen LogP contribution in [0.5, 0.6) is 0 Å². The minimum Gasteiger partial charge on any atom is -0.465 e. The zero-order valence-electron chi connectivity index (χ0n) is 19.6. The fourth-order valence-electron chi connectivity index (χ4n) is 7.39. The summed E-state index contributed by atoms with van der Waals surface area (Å²) in [5, 5.41) is 0. The first-order valence-electron chi connectivity index (χ1n) is 13.3. The standard InChI is InChI=1S/C27H48O2/c1-3-5-10-17-26(20-15-24(16-21-26)23-13-8-6-9-14-23)27(18-11-7-12-19-27)25(28)29-22-4-2/h23-24H,3-22H2,1-2H3/t24-,26+. The maximum atomic E-state index is 13.6. The third-order valence-electron chi connectivity index (χ3n) is 9.11. The molecule has 0 saturated heterocycles. The number of carbonyl (C=O) groups is 1.